The van der Waals surface area contributed by atoms with Gasteiger partial charge in [0.15, 0.2) is 0 Å². The van der Waals surface area contributed by atoms with Gasteiger partial charge in [0.25, 0.3) is 0 Å². The van der Waals surface area contributed by atoms with Gasteiger partial charge in [0.2, 0.25) is 5.91 Å². The third kappa shape index (κ3) is 3.28. The molecule has 4 nitrogen and oxygen atoms in total. The van der Waals surface area contributed by atoms with Crippen LogP contribution in [0.3, 0.4) is 0 Å². The highest BCUT2D eigenvalue weighted by Crippen LogP contribution is 2.22. The number of hydrogen-bond acceptors (Lipinski definition) is 3. The standard InChI is InChI=1S/C11H16BrN3O/c1-11(2,3)8(13)10(16)15-7-5-4-6-14-9(7)12/h4-6,8H,13H2,1-3H3,(H,15,16). The third-order valence-electron chi connectivity index (χ3n) is 2.23. The highest BCUT2D eigenvalue weighted by molar-refractivity contribution is 9.10. The van der Waals surface area contributed by atoms with Crippen LogP contribution < -0.4 is 11.1 Å². The maximum Gasteiger partial charge on any atom is 0.241 e. The van der Waals surface area contributed by atoms with Crippen molar-refractivity contribution in [3.8, 4) is 0 Å². The fraction of sp³-hybridized carbons (Fsp3) is 0.455. The molecule has 0 aliphatic heterocycles. The van der Waals surface area contributed by atoms with E-state index in [0.717, 1.165) is 0 Å². The van der Waals surface area contributed by atoms with Gasteiger partial charge in [-0.15, -0.1) is 0 Å². The number of halogens is 1. The zero-order chi connectivity index (χ0) is 12.3. The highest BCUT2D eigenvalue weighted by Gasteiger charge is 2.27. The molecular formula is C11H16BrN3O. The quantitative estimate of drug-likeness (QED) is 0.819. The Kier molecular flexibility index (Phi) is 4.04. The van der Waals surface area contributed by atoms with Gasteiger partial charge in [-0.05, 0) is 33.5 Å². The summed E-state index contributed by atoms with van der Waals surface area (Å²) >= 11 is 3.26. The summed E-state index contributed by atoms with van der Waals surface area (Å²) in [5.41, 5.74) is 6.21. The van der Waals surface area contributed by atoms with Crippen LogP contribution in [0.5, 0.6) is 0 Å². The summed E-state index contributed by atoms with van der Waals surface area (Å²) < 4.78 is 0.601. The Hall–Kier alpha value is -0.940. The molecule has 3 N–H and O–H groups in total. The Bertz CT molecular complexity index is 387. The summed E-state index contributed by atoms with van der Waals surface area (Å²) in [4.78, 5) is 15.8. The Balaban J connectivity index is 2.76. The number of nitrogens with one attached hydrogen (secondary N) is 1. The number of hydrogen-bond donors (Lipinski definition) is 2. The van der Waals surface area contributed by atoms with Crippen molar-refractivity contribution in [1.82, 2.24) is 4.98 Å². The van der Waals surface area contributed by atoms with Gasteiger partial charge in [0, 0.05) is 6.20 Å². The van der Waals surface area contributed by atoms with Gasteiger partial charge in [-0.2, -0.15) is 0 Å². The van der Waals surface area contributed by atoms with E-state index in [-0.39, 0.29) is 11.3 Å². The van der Waals surface area contributed by atoms with E-state index < -0.39 is 6.04 Å². The minimum atomic E-state index is -0.556. The number of rotatable bonds is 2. The van der Waals surface area contributed by atoms with Gasteiger partial charge in [-0.25, -0.2) is 4.98 Å². The molecule has 16 heavy (non-hydrogen) atoms. The smallest absolute Gasteiger partial charge is 0.241 e. The average Bonchev–Trinajstić information content (AvgIpc) is 2.19. The predicted molar refractivity (Wildman–Crippen MR) is 68.0 cm³/mol. The number of amides is 1. The SMILES string of the molecule is CC(C)(C)C(N)C(=O)Nc1cccnc1Br. The highest BCUT2D eigenvalue weighted by atomic mass is 79.9. The van der Waals surface area contributed by atoms with Crippen LogP contribution in [0.4, 0.5) is 5.69 Å². The number of nitrogens with two attached hydrogens (primary N) is 1. The van der Waals surface area contributed by atoms with E-state index in [2.05, 4.69) is 26.2 Å². The van der Waals surface area contributed by atoms with Crippen molar-refractivity contribution in [3.63, 3.8) is 0 Å². The number of carbonyl (C=O) groups excluding carboxylic acids is 1. The Labute approximate surface area is 104 Å². The molecule has 88 valence electrons. The molecular weight excluding hydrogens is 270 g/mol. The number of anilines is 1. The van der Waals surface area contributed by atoms with Crippen molar-refractivity contribution < 1.29 is 4.79 Å². The molecule has 0 bridgehead atoms. The van der Waals surface area contributed by atoms with E-state index in [1.807, 2.05) is 20.8 Å². The molecule has 0 saturated heterocycles. The first kappa shape index (κ1) is 13.1. The summed E-state index contributed by atoms with van der Waals surface area (Å²) in [6.07, 6.45) is 1.64. The van der Waals surface area contributed by atoms with Gasteiger partial charge in [-0.3, -0.25) is 4.79 Å². The van der Waals surface area contributed by atoms with Crippen molar-refractivity contribution in [2.75, 3.05) is 5.32 Å². The van der Waals surface area contributed by atoms with E-state index >= 15 is 0 Å². The van der Waals surface area contributed by atoms with Gasteiger partial charge in [0.1, 0.15) is 4.60 Å². The van der Waals surface area contributed by atoms with E-state index in [0.29, 0.717) is 10.3 Å². The summed E-state index contributed by atoms with van der Waals surface area (Å²) in [6.45, 7) is 5.78. The van der Waals surface area contributed by atoms with E-state index in [1.54, 1.807) is 18.3 Å². The average molecular weight is 286 g/mol. The van der Waals surface area contributed by atoms with Crippen LogP contribution in [-0.4, -0.2) is 16.9 Å². The molecule has 1 atom stereocenters. The molecule has 0 aliphatic carbocycles. The summed E-state index contributed by atoms with van der Waals surface area (Å²) in [5, 5.41) is 2.74. The van der Waals surface area contributed by atoms with Gasteiger partial charge in [0.05, 0.1) is 11.7 Å². The minimum absolute atomic E-state index is 0.207. The van der Waals surface area contributed by atoms with Gasteiger partial charge in [-0.1, -0.05) is 20.8 Å². The molecule has 0 aliphatic rings. The topological polar surface area (TPSA) is 68.0 Å². The summed E-state index contributed by atoms with van der Waals surface area (Å²) in [6, 6.07) is 2.97. The maximum atomic E-state index is 11.8. The fourth-order valence-corrected chi connectivity index (χ4v) is 1.43. The molecule has 0 aromatic carbocycles. The van der Waals surface area contributed by atoms with Crippen LogP contribution in [-0.2, 0) is 4.79 Å². The number of nitrogens with zero attached hydrogens (tertiary/aromatic N) is 1. The largest absolute Gasteiger partial charge is 0.322 e. The van der Waals surface area contributed by atoms with E-state index in [1.165, 1.54) is 0 Å². The number of carbonyl (C=O) groups is 1. The second kappa shape index (κ2) is 4.93. The van der Waals surface area contributed by atoms with Crippen molar-refractivity contribution >= 4 is 27.5 Å². The van der Waals surface area contributed by atoms with Crippen molar-refractivity contribution in [3.05, 3.63) is 22.9 Å². The lowest BCUT2D eigenvalue weighted by Gasteiger charge is -2.25. The molecule has 1 amide bonds. The third-order valence-corrected chi connectivity index (χ3v) is 2.86. The van der Waals surface area contributed by atoms with E-state index in [4.69, 9.17) is 5.73 Å². The minimum Gasteiger partial charge on any atom is -0.322 e. The Morgan fingerprint density at radius 2 is 2.19 bits per heavy atom. The first-order valence-corrected chi connectivity index (χ1v) is 5.78. The molecule has 5 heteroatoms. The molecule has 1 heterocycles. The van der Waals surface area contributed by atoms with Crippen LogP contribution in [0, 0.1) is 5.41 Å². The first-order chi connectivity index (χ1) is 7.32. The number of pyridine rings is 1. The molecule has 0 fully saturated rings. The van der Waals surface area contributed by atoms with Crippen LogP contribution in [0.25, 0.3) is 0 Å². The van der Waals surface area contributed by atoms with Crippen molar-refractivity contribution in [2.24, 2.45) is 11.1 Å². The lowest BCUT2D eigenvalue weighted by atomic mass is 9.87. The summed E-state index contributed by atoms with van der Waals surface area (Å²) in [5.74, 6) is -0.207. The van der Waals surface area contributed by atoms with Crippen molar-refractivity contribution in [2.45, 2.75) is 26.8 Å². The van der Waals surface area contributed by atoms with Crippen LogP contribution >= 0.6 is 15.9 Å². The van der Waals surface area contributed by atoms with Crippen molar-refractivity contribution in [1.29, 1.82) is 0 Å². The zero-order valence-corrected chi connectivity index (χ0v) is 11.2. The predicted octanol–water partition coefficient (Wildman–Crippen LogP) is 2.16. The molecule has 1 unspecified atom stereocenters. The molecule has 0 radical (unpaired) electrons. The molecule has 0 saturated carbocycles. The van der Waals surface area contributed by atoms with Crippen LogP contribution in [0.2, 0.25) is 0 Å². The second-order valence-electron chi connectivity index (χ2n) is 4.67. The molecule has 0 spiro atoms. The van der Waals surface area contributed by atoms with Gasteiger partial charge < -0.3 is 11.1 Å². The first-order valence-electron chi connectivity index (χ1n) is 4.99. The Morgan fingerprint density at radius 1 is 1.56 bits per heavy atom. The lowest BCUT2D eigenvalue weighted by Crippen LogP contribution is -2.45. The van der Waals surface area contributed by atoms with Gasteiger partial charge >= 0.3 is 0 Å². The van der Waals surface area contributed by atoms with Crippen LogP contribution in [0.1, 0.15) is 20.8 Å². The maximum absolute atomic E-state index is 11.8. The molecule has 1 aromatic rings. The molecule has 1 rings (SSSR count). The summed E-state index contributed by atoms with van der Waals surface area (Å²) in [7, 11) is 0. The normalized spacial score (nSPS) is 13.3. The van der Waals surface area contributed by atoms with Crippen LogP contribution in [0.15, 0.2) is 22.9 Å². The number of aromatic nitrogens is 1. The monoisotopic (exact) mass is 285 g/mol. The zero-order valence-electron chi connectivity index (χ0n) is 9.62. The molecule has 1 aromatic heterocycles. The van der Waals surface area contributed by atoms with E-state index in [9.17, 15) is 4.79 Å². The Morgan fingerprint density at radius 3 is 2.69 bits per heavy atom. The lowest BCUT2D eigenvalue weighted by molar-refractivity contribution is -0.119. The fourth-order valence-electron chi connectivity index (χ4n) is 1.08. The second-order valence-corrected chi connectivity index (χ2v) is 5.43.